The van der Waals surface area contributed by atoms with Gasteiger partial charge in [-0.1, -0.05) is 23.7 Å². The highest BCUT2D eigenvalue weighted by Gasteiger charge is 2.17. The summed E-state index contributed by atoms with van der Waals surface area (Å²) in [6, 6.07) is 9.41. The van der Waals surface area contributed by atoms with Crippen molar-refractivity contribution < 1.29 is 4.79 Å². The quantitative estimate of drug-likeness (QED) is 0.889. The van der Waals surface area contributed by atoms with Gasteiger partial charge in [-0.25, -0.2) is 9.97 Å². The highest BCUT2D eigenvalue weighted by Crippen LogP contribution is 2.16. The maximum atomic E-state index is 12.4. The number of carbonyl (C=O) groups is 1. The molecule has 0 radical (unpaired) electrons. The molecule has 1 saturated heterocycles. The minimum atomic E-state index is -0.161. The Kier molecular flexibility index (Phi) is 5.87. The number of hydrogen-bond acceptors (Lipinski definition) is 4. The van der Waals surface area contributed by atoms with Gasteiger partial charge in [-0.3, -0.25) is 4.79 Å². The molecule has 1 aliphatic rings. The molecule has 2 aromatic rings. The van der Waals surface area contributed by atoms with Crippen LogP contribution in [0.25, 0.3) is 0 Å². The monoisotopic (exact) mass is 358 g/mol. The van der Waals surface area contributed by atoms with E-state index in [1.807, 2.05) is 31.2 Å². The maximum Gasteiger partial charge on any atom is 0.270 e. The molecular weight excluding hydrogens is 336 g/mol. The summed E-state index contributed by atoms with van der Waals surface area (Å²) in [5, 5.41) is 3.64. The third-order valence-corrected chi connectivity index (χ3v) is 4.54. The number of nitrogens with one attached hydrogen (secondary N) is 1. The van der Waals surface area contributed by atoms with E-state index < -0.39 is 0 Å². The number of hydrogen-bond donors (Lipinski definition) is 1. The van der Waals surface area contributed by atoms with Crippen LogP contribution in [0, 0.1) is 6.92 Å². The lowest BCUT2D eigenvalue weighted by Crippen LogP contribution is -2.32. The Bertz CT molecular complexity index is 744. The van der Waals surface area contributed by atoms with Crippen LogP contribution >= 0.6 is 11.6 Å². The molecule has 0 aliphatic carbocycles. The molecule has 0 spiro atoms. The largest absolute Gasteiger partial charge is 0.350 e. The third kappa shape index (κ3) is 4.92. The van der Waals surface area contributed by atoms with Crippen molar-refractivity contribution in [3.8, 4) is 0 Å². The fourth-order valence-electron chi connectivity index (χ4n) is 3.01. The van der Waals surface area contributed by atoms with E-state index in [9.17, 15) is 4.79 Å². The fraction of sp³-hybridized carbons (Fsp3) is 0.421. The van der Waals surface area contributed by atoms with Crippen LogP contribution in [0.2, 0.25) is 5.02 Å². The smallest absolute Gasteiger partial charge is 0.270 e. The molecular formula is C19H23ClN4O. The molecule has 3 rings (SSSR count). The first-order valence-electron chi connectivity index (χ1n) is 8.75. The second kappa shape index (κ2) is 8.30. The van der Waals surface area contributed by atoms with Gasteiger partial charge < -0.3 is 10.2 Å². The molecule has 2 heterocycles. The first-order chi connectivity index (χ1) is 12.1. The third-order valence-electron chi connectivity index (χ3n) is 4.30. The van der Waals surface area contributed by atoms with Gasteiger partial charge in [0.2, 0.25) is 5.95 Å². The number of halogens is 1. The maximum absolute atomic E-state index is 12.4. The van der Waals surface area contributed by atoms with Crippen LogP contribution in [-0.2, 0) is 6.42 Å². The summed E-state index contributed by atoms with van der Waals surface area (Å²) >= 11 is 5.98. The van der Waals surface area contributed by atoms with Crippen LogP contribution in [0.4, 0.5) is 5.95 Å². The molecule has 25 heavy (non-hydrogen) atoms. The minimum Gasteiger partial charge on any atom is -0.350 e. The van der Waals surface area contributed by atoms with Crippen molar-refractivity contribution >= 4 is 23.5 Å². The number of piperidine rings is 1. The first kappa shape index (κ1) is 17.7. The molecule has 1 aromatic heterocycles. The predicted octanol–water partition coefficient (Wildman–Crippen LogP) is 3.40. The van der Waals surface area contributed by atoms with Gasteiger partial charge >= 0.3 is 0 Å². The van der Waals surface area contributed by atoms with Gasteiger partial charge in [0.25, 0.3) is 5.91 Å². The Balaban J connectivity index is 1.62. The molecule has 5 nitrogen and oxygen atoms in total. The van der Waals surface area contributed by atoms with Gasteiger partial charge in [-0.15, -0.1) is 0 Å². The summed E-state index contributed by atoms with van der Waals surface area (Å²) < 4.78 is 0. The zero-order valence-electron chi connectivity index (χ0n) is 14.5. The van der Waals surface area contributed by atoms with E-state index in [0.717, 1.165) is 43.6 Å². The normalized spacial score (nSPS) is 14.4. The van der Waals surface area contributed by atoms with Crippen LogP contribution in [0.5, 0.6) is 0 Å². The summed E-state index contributed by atoms with van der Waals surface area (Å²) in [5.41, 5.74) is 2.34. The van der Waals surface area contributed by atoms with E-state index in [0.29, 0.717) is 23.2 Å². The van der Waals surface area contributed by atoms with Crippen molar-refractivity contribution in [2.75, 3.05) is 24.5 Å². The second-order valence-corrected chi connectivity index (χ2v) is 6.81. The molecule has 1 amide bonds. The number of aryl methyl sites for hydroxylation is 1. The van der Waals surface area contributed by atoms with E-state index in [1.54, 1.807) is 6.07 Å². The minimum absolute atomic E-state index is 0.161. The predicted molar refractivity (Wildman–Crippen MR) is 100 cm³/mol. The molecule has 1 fully saturated rings. The molecule has 132 valence electrons. The van der Waals surface area contributed by atoms with Crippen molar-refractivity contribution in [3.05, 3.63) is 52.3 Å². The van der Waals surface area contributed by atoms with Crippen LogP contribution in [-0.4, -0.2) is 35.5 Å². The average molecular weight is 359 g/mol. The average Bonchev–Trinajstić information content (AvgIpc) is 2.62. The van der Waals surface area contributed by atoms with Crippen molar-refractivity contribution in [3.63, 3.8) is 0 Å². The summed E-state index contributed by atoms with van der Waals surface area (Å²) in [6.45, 7) is 4.36. The molecule has 1 aromatic carbocycles. The van der Waals surface area contributed by atoms with Crippen molar-refractivity contribution in [1.82, 2.24) is 15.3 Å². The van der Waals surface area contributed by atoms with E-state index >= 15 is 0 Å². The van der Waals surface area contributed by atoms with Crippen LogP contribution in [0.3, 0.4) is 0 Å². The Morgan fingerprint density at radius 2 is 2.00 bits per heavy atom. The van der Waals surface area contributed by atoms with E-state index in [2.05, 4.69) is 20.2 Å². The second-order valence-electron chi connectivity index (χ2n) is 6.38. The van der Waals surface area contributed by atoms with Gasteiger partial charge in [0.05, 0.1) is 0 Å². The van der Waals surface area contributed by atoms with Gasteiger partial charge in [-0.2, -0.15) is 0 Å². The number of aromatic nitrogens is 2. The molecule has 0 saturated carbocycles. The number of rotatable bonds is 5. The lowest BCUT2D eigenvalue weighted by Gasteiger charge is -2.27. The lowest BCUT2D eigenvalue weighted by atomic mass is 10.1. The number of carbonyl (C=O) groups excluding carboxylic acids is 1. The Morgan fingerprint density at radius 1 is 1.20 bits per heavy atom. The molecule has 1 aliphatic heterocycles. The van der Waals surface area contributed by atoms with Crippen molar-refractivity contribution in [2.24, 2.45) is 0 Å². The van der Waals surface area contributed by atoms with E-state index in [-0.39, 0.29) is 5.91 Å². The first-order valence-corrected chi connectivity index (χ1v) is 9.13. The van der Waals surface area contributed by atoms with Crippen LogP contribution in [0.1, 0.15) is 41.0 Å². The zero-order chi connectivity index (χ0) is 17.6. The van der Waals surface area contributed by atoms with E-state index in [1.165, 1.54) is 6.42 Å². The van der Waals surface area contributed by atoms with Gasteiger partial charge in [0.15, 0.2) is 0 Å². The highest BCUT2D eigenvalue weighted by molar-refractivity contribution is 6.30. The van der Waals surface area contributed by atoms with E-state index in [4.69, 9.17) is 11.6 Å². The lowest BCUT2D eigenvalue weighted by molar-refractivity contribution is 0.0949. The zero-order valence-corrected chi connectivity index (χ0v) is 15.2. The number of benzene rings is 1. The number of amides is 1. The standard InChI is InChI=1S/C19H23ClN4O/c1-14-12-17(23-19(22-14)24-10-3-2-4-11-24)18(25)21-9-8-15-6-5-7-16(20)13-15/h5-7,12-13H,2-4,8-11H2,1H3,(H,21,25). The number of anilines is 1. The summed E-state index contributed by atoms with van der Waals surface area (Å²) in [5.74, 6) is 0.505. The van der Waals surface area contributed by atoms with Gasteiger partial charge in [0.1, 0.15) is 5.69 Å². The van der Waals surface area contributed by atoms with Gasteiger partial charge in [-0.05, 0) is 56.4 Å². The Morgan fingerprint density at radius 3 is 2.76 bits per heavy atom. The van der Waals surface area contributed by atoms with Gasteiger partial charge in [0, 0.05) is 30.4 Å². The summed E-state index contributed by atoms with van der Waals surface area (Å²) in [6.07, 6.45) is 4.28. The topological polar surface area (TPSA) is 58.1 Å². The molecule has 0 bridgehead atoms. The van der Waals surface area contributed by atoms with Crippen LogP contribution in [0.15, 0.2) is 30.3 Å². The molecule has 0 unspecified atom stereocenters. The summed E-state index contributed by atoms with van der Waals surface area (Å²) in [7, 11) is 0. The Labute approximate surface area is 153 Å². The van der Waals surface area contributed by atoms with Crippen molar-refractivity contribution in [2.45, 2.75) is 32.6 Å². The van der Waals surface area contributed by atoms with Crippen LogP contribution < -0.4 is 10.2 Å². The SMILES string of the molecule is Cc1cc(C(=O)NCCc2cccc(Cl)c2)nc(N2CCCCC2)n1. The highest BCUT2D eigenvalue weighted by atomic mass is 35.5. The number of nitrogens with zero attached hydrogens (tertiary/aromatic N) is 3. The Hall–Kier alpha value is -2.14. The molecule has 1 N–H and O–H groups in total. The summed E-state index contributed by atoms with van der Waals surface area (Å²) in [4.78, 5) is 23.6. The fourth-order valence-corrected chi connectivity index (χ4v) is 3.22. The van der Waals surface area contributed by atoms with Crippen molar-refractivity contribution in [1.29, 1.82) is 0 Å². The molecule has 6 heteroatoms. The molecule has 0 atom stereocenters.